The van der Waals surface area contributed by atoms with Gasteiger partial charge in [0.05, 0.1) is 18.5 Å². The van der Waals surface area contributed by atoms with E-state index in [1.165, 1.54) is 0 Å². The molecule has 1 atom stereocenters. The second kappa shape index (κ2) is 21.7. The van der Waals surface area contributed by atoms with Crippen LogP contribution in [0.5, 0.6) is 5.75 Å². The predicted octanol–water partition coefficient (Wildman–Crippen LogP) is -6.63. The molecule has 0 heterocycles. The summed E-state index contributed by atoms with van der Waals surface area (Å²) >= 11 is 0. The van der Waals surface area contributed by atoms with Crippen LogP contribution in [-0.4, -0.2) is 62.2 Å². The van der Waals surface area contributed by atoms with Gasteiger partial charge in [-0.3, -0.25) is 0 Å². The van der Waals surface area contributed by atoms with Crippen LogP contribution in [0.3, 0.4) is 0 Å². The minimum Gasteiger partial charge on any atom is -0.545 e. The minimum atomic E-state index is -1.55. The first-order valence-corrected chi connectivity index (χ1v) is 9.07. The average molecular weight is 471 g/mol. The van der Waals surface area contributed by atoms with Gasteiger partial charge in [-0.1, -0.05) is 26.0 Å². The van der Waals surface area contributed by atoms with Crippen molar-refractivity contribution in [3.8, 4) is 5.75 Å². The van der Waals surface area contributed by atoms with E-state index in [2.05, 4.69) is 5.32 Å². The molecule has 0 aromatic heterocycles. The van der Waals surface area contributed by atoms with Crippen LogP contribution in [0.25, 0.3) is 0 Å². The third kappa shape index (κ3) is 22.1. The Morgan fingerprint density at radius 2 is 1.59 bits per heavy atom. The fourth-order valence-corrected chi connectivity index (χ4v) is 1.94. The molecule has 0 fully saturated rings. The Morgan fingerprint density at radius 3 is 2.00 bits per heavy atom. The van der Waals surface area contributed by atoms with Gasteiger partial charge in [0.25, 0.3) is 0 Å². The second-order valence-electron chi connectivity index (χ2n) is 6.24. The summed E-state index contributed by atoms with van der Waals surface area (Å²) in [6, 6.07) is 7.90. The number of hydrogen-bond donors (Lipinski definition) is 2. The first kappa shape index (κ1) is 35.5. The van der Waals surface area contributed by atoms with E-state index in [9.17, 15) is 24.6 Å². The van der Waals surface area contributed by atoms with Crippen molar-refractivity contribution in [1.29, 1.82) is 0 Å². The number of carbonyl (C=O) groups is 3. The summed E-state index contributed by atoms with van der Waals surface area (Å²) in [5, 5.41) is 30.7. The zero-order valence-electron chi connectivity index (χ0n) is 19.2. The van der Waals surface area contributed by atoms with Crippen LogP contribution < -0.4 is 79.4 Å². The maximum Gasteiger partial charge on any atom is 1.00 e. The Hall–Kier alpha value is -1.11. The fraction of sp³-hybridized carbons (Fsp3) is 0.450. The Kier molecular flexibility index (Phi) is 24.1. The number of carboxylic acid groups (broad SMARTS) is 3. The summed E-state index contributed by atoms with van der Waals surface area (Å²) in [4.78, 5) is 29.5. The van der Waals surface area contributed by atoms with Gasteiger partial charge in [-0.15, -0.1) is 0 Å². The zero-order valence-corrected chi connectivity index (χ0v) is 23.2. The van der Waals surface area contributed by atoms with E-state index in [4.69, 9.17) is 19.3 Å². The number of carbonyl (C=O) groups excluding carboxylic acids is 2. The molecule has 0 aliphatic carbocycles. The average Bonchev–Trinajstić information content (AvgIpc) is 2.67. The quantitative estimate of drug-likeness (QED) is 0.171. The molecular formula is C20H27NNa2O9. The van der Waals surface area contributed by atoms with Crippen molar-refractivity contribution in [2.24, 2.45) is 0 Å². The van der Waals surface area contributed by atoms with E-state index in [1.54, 1.807) is 7.11 Å². The number of nitrogens with one attached hydrogen (secondary N) is 1. The summed E-state index contributed by atoms with van der Waals surface area (Å²) in [6.45, 7) is 5.23. The molecule has 0 aliphatic heterocycles. The molecular weight excluding hydrogens is 444 g/mol. The largest absolute Gasteiger partial charge is 1.00 e. The molecule has 0 spiro atoms. The zero-order chi connectivity index (χ0) is 22.9. The predicted molar refractivity (Wildman–Crippen MR) is 103 cm³/mol. The number of methoxy groups -OCH3 is 1. The van der Waals surface area contributed by atoms with Crippen LogP contribution in [0.2, 0.25) is 0 Å². The first-order valence-electron chi connectivity index (χ1n) is 9.07. The van der Waals surface area contributed by atoms with Gasteiger partial charge < -0.3 is 44.4 Å². The van der Waals surface area contributed by atoms with Gasteiger partial charge in [-0.25, -0.2) is 4.79 Å². The van der Waals surface area contributed by atoms with Crippen LogP contribution in [0.4, 0.5) is 4.79 Å². The van der Waals surface area contributed by atoms with Gasteiger partial charge in [-0.05, 0) is 36.3 Å². The molecule has 10 nitrogen and oxygen atoms in total. The van der Waals surface area contributed by atoms with Crippen molar-refractivity contribution in [3.63, 3.8) is 0 Å². The topological polar surface area (TPSA) is 157 Å². The number of benzene rings is 1. The van der Waals surface area contributed by atoms with Crippen molar-refractivity contribution >= 4 is 18.1 Å². The monoisotopic (exact) mass is 471 g/mol. The third-order valence-electron chi connectivity index (χ3n) is 3.33. The first-order chi connectivity index (χ1) is 14.1. The van der Waals surface area contributed by atoms with Gasteiger partial charge in [0, 0.05) is 19.7 Å². The summed E-state index contributed by atoms with van der Waals surface area (Å²) in [6.07, 6.45) is -0.230. The summed E-state index contributed by atoms with van der Waals surface area (Å²) in [7, 11) is 1.67. The second-order valence-corrected chi connectivity index (χ2v) is 6.24. The van der Waals surface area contributed by atoms with Crippen LogP contribution >= 0.6 is 0 Å². The molecule has 0 bridgehead atoms. The van der Waals surface area contributed by atoms with Gasteiger partial charge in [0.1, 0.15) is 12.4 Å². The minimum absolute atomic E-state index is 0. The van der Waals surface area contributed by atoms with Crippen molar-refractivity contribution in [2.45, 2.75) is 32.4 Å². The van der Waals surface area contributed by atoms with Crippen molar-refractivity contribution in [1.82, 2.24) is 5.32 Å². The smallest absolute Gasteiger partial charge is 0.545 e. The summed E-state index contributed by atoms with van der Waals surface area (Å²) < 4.78 is 15.4. The summed E-state index contributed by atoms with van der Waals surface area (Å²) in [5.41, 5.74) is 1.16. The molecule has 32 heavy (non-hydrogen) atoms. The van der Waals surface area contributed by atoms with Crippen LogP contribution in [0.15, 0.2) is 36.4 Å². The molecule has 0 saturated heterocycles. The van der Waals surface area contributed by atoms with Crippen molar-refractivity contribution in [3.05, 3.63) is 42.0 Å². The summed E-state index contributed by atoms with van der Waals surface area (Å²) in [5.74, 6) is -2.41. The number of carboxylic acids is 2. The Balaban J connectivity index is -0.000000723. The maximum atomic E-state index is 10.7. The Labute approximate surface area is 231 Å². The molecule has 1 aromatic carbocycles. The molecule has 2 N–H and O–H groups in total. The number of ether oxygens (including phenoxy) is 3. The maximum absolute atomic E-state index is 10.7. The fourth-order valence-electron chi connectivity index (χ4n) is 1.94. The van der Waals surface area contributed by atoms with E-state index in [1.807, 2.05) is 38.1 Å². The molecule has 1 unspecified atom stereocenters. The normalized spacial score (nSPS) is 10.8. The SMILES string of the molecule is COCCc1ccc(OCC(CNC(C)C)OC(=O)O)cc1.O=C([O-])/C=C/C(=O)[O-].[Na+].[Na+]. The van der Waals surface area contributed by atoms with Crippen molar-refractivity contribution < 1.29 is 103 Å². The molecule has 12 heteroatoms. The number of hydrogen-bond acceptors (Lipinski definition) is 9. The molecule has 0 saturated carbocycles. The van der Waals surface area contributed by atoms with Crippen molar-refractivity contribution in [2.75, 3.05) is 26.9 Å². The van der Waals surface area contributed by atoms with E-state index in [-0.39, 0.29) is 71.8 Å². The van der Waals surface area contributed by atoms with E-state index < -0.39 is 24.2 Å². The van der Waals surface area contributed by atoms with E-state index in [0.717, 1.165) is 12.0 Å². The molecule has 0 radical (unpaired) electrons. The number of rotatable bonds is 12. The Morgan fingerprint density at radius 1 is 1.06 bits per heavy atom. The Bertz CT molecular complexity index is 666. The van der Waals surface area contributed by atoms with Gasteiger partial charge >= 0.3 is 65.3 Å². The van der Waals surface area contributed by atoms with E-state index in [0.29, 0.717) is 31.1 Å². The molecule has 168 valence electrons. The molecule has 0 amide bonds. The van der Waals surface area contributed by atoms with Crippen LogP contribution in [0, 0.1) is 0 Å². The molecule has 1 aromatic rings. The van der Waals surface area contributed by atoms with Crippen LogP contribution in [-0.2, 0) is 25.5 Å². The standard InChI is InChI=1S/C16H25NO5.C4H4O4.2Na/c1-12(2)17-10-15(22-16(18)19)11-21-14-6-4-13(5-7-14)8-9-20-3;5-3(6)1-2-4(7)8;;/h4-7,12,15,17H,8-11H2,1-3H3,(H,18,19);1-2H,(H,5,6)(H,7,8);;/q;;2*+1/p-2/b;2-1+;;. The van der Waals surface area contributed by atoms with Gasteiger partial charge in [-0.2, -0.15) is 0 Å². The third-order valence-corrected chi connectivity index (χ3v) is 3.33. The van der Waals surface area contributed by atoms with Crippen LogP contribution in [0.1, 0.15) is 19.4 Å². The molecule has 0 aliphatic rings. The number of aliphatic carboxylic acids is 2. The van der Waals surface area contributed by atoms with E-state index >= 15 is 0 Å². The molecule has 1 rings (SSSR count). The van der Waals surface area contributed by atoms with Gasteiger partial charge in [0.15, 0.2) is 6.10 Å². The van der Waals surface area contributed by atoms with Gasteiger partial charge in [0.2, 0.25) is 0 Å².